The van der Waals surface area contributed by atoms with E-state index in [-0.39, 0.29) is 0 Å². The van der Waals surface area contributed by atoms with Gasteiger partial charge >= 0.3 is 0 Å². The van der Waals surface area contributed by atoms with Crippen molar-refractivity contribution in [1.29, 1.82) is 0 Å². The zero-order valence-electron chi connectivity index (χ0n) is 10.9. The number of likely N-dealkylation sites (N-methyl/N-ethyl adjacent to an activating group) is 2. The summed E-state index contributed by atoms with van der Waals surface area (Å²) in [5, 5.41) is 0. The Morgan fingerprint density at radius 2 is 1.83 bits per heavy atom. The summed E-state index contributed by atoms with van der Waals surface area (Å²) in [4.78, 5) is 2.24. The van der Waals surface area contributed by atoms with Gasteiger partial charge in [-0.15, -0.1) is 11.6 Å². The molecule has 102 valence electrons. The monoisotopic (exact) mass is 290 g/mol. The van der Waals surface area contributed by atoms with E-state index in [2.05, 4.69) is 0 Å². The van der Waals surface area contributed by atoms with E-state index >= 15 is 0 Å². The summed E-state index contributed by atoms with van der Waals surface area (Å²) in [6.45, 7) is 1.14. The minimum absolute atomic E-state index is 0.293. The standard InChI is InChI=1S/C12H19ClN2O2S/c1-14(2)7-8-15(3)18(16,17)12-6-4-5-11(9-12)10-13/h4-6,9H,7-8,10H2,1-3H3. The number of rotatable bonds is 6. The normalized spacial score (nSPS) is 12.3. The van der Waals surface area contributed by atoms with Crippen LogP contribution in [0.1, 0.15) is 5.56 Å². The fourth-order valence-electron chi connectivity index (χ4n) is 1.43. The van der Waals surface area contributed by atoms with Gasteiger partial charge in [-0.1, -0.05) is 12.1 Å². The quantitative estimate of drug-likeness (QED) is 0.748. The maximum Gasteiger partial charge on any atom is 0.242 e. The van der Waals surface area contributed by atoms with Crippen molar-refractivity contribution >= 4 is 21.6 Å². The van der Waals surface area contributed by atoms with E-state index in [1.165, 1.54) is 4.31 Å². The van der Waals surface area contributed by atoms with Crippen molar-refractivity contribution in [3.63, 3.8) is 0 Å². The van der Waals surface area contributed by atoms with Gasteiger partial charge in [0.15, 0.2) is 0 Å². The van der Waals surface area contributed by atoms with Gasteiger partial charge in [-0.25, -0.2) is 8.42 Å². The molecular weight excluding hydrogens is 272 g/mol. The van der Waals surface area contributed by atoms with Crippen LogP contribution in [-0.2, 0) is 15.9 Å². The number of nitrogens with zero attached hydrogens (tertiary/aromatic N) is 2. The van der Waals surface area contributed by atoms with Crippen LogP contribution in [0.15, 0.2) is 29.2 Å². The van der Waals surface area contributed by atoms with E-state index < -0.39 is 10.0 Å². The summed E-state index contributed by atoms with van der Waals surface area (Å²) in [6.07, 6.45) is 0. The van der Waals surface area contributed by atoms with E-state index in [9.17, 15) is 8.42 Å². The first-order valence-corrected chi connectivity index (χ1v) is 7.61. The number of benzene rings is 1. The van der Waals surface area contributed by atoms with E-state index in [1.807, 2.05) is 25.1 Å². The molecule has 0 spiro atoms. The molecule has 1 rings (SSSR count). The highest BCUT2D eigenvalue weighted by molar-refractivity contribution is 7.89. The Morgan fingerprint density at radius 3 is 2.39 bits per heavy atom. The third-order valence-corrected chi connectivity index (χ3v) is 4.78. The van der Waals surface area contributed by atoms with Gasteiger partial charge in [0.25, 0.3) is 0 Å². The number of hydrogen-bond acceptors (Lipinski definition) is 3. The Labute approximate surface area is 114 Å². The second kappa shape index (κ2) is 6.52. The summed E-state index contributed by atoms with van der Waals surface area (Å²) in [6, 6.07) is 6.74. The third-order valence-electron chi connectivity index (χ3n) is 2.62. The predicted octanol–water partition coefficient (Wildman–Crippen LogP) is 1.61. The van der Waals surface area contributed by atoms with Crippen molar-refractivity contribution < 1.29 is 8.42 Å². The molecule has 1 aromatic rings. The van der Waals surface area contributed by atoms with Gasteiger partial charge in [0.05, 0.1) is 4.90 Å². The van der Waals surface area contributed by atoms with Crippen LogP contribution in [0.5, 0.6) is 0 Å². The summed E-state index contributed by atoms with van der Waals surface area (Å²) in [5.74, 6) is 0.310. The van der Waals surface area contributed by atoms with E-state index in [1.54, 1.807) is 25.2 Å². The Morgan fingerprint density at radius 1 is 1.17 bits per heavy atom. The Kier molecular flexibility index (Phi) is 5.59. The van der Waals surface area contributed by atoms with Gasteiger partial charge in [0.2, 0.25) is 10.0 Å². The van der Waals surface area contributed by atoms with Gasteiger partial charge in [-0.2, -0.15) is 4.31 Å². The van der Waals surface area contributed by atoms with E-state index in [0.29, 0.717) is 23.9 Å². The lowest BCUT2D eigenvalue weighted by Crippen LogP contribution is -2.33. The van der Waals surface area contributed by atoms with Gasteiger partial charge in [-0.3, -0.25) is 0 Å². The SMILES string of the molecule is CN(C)CCN(C)S(=O)(=O)c1cccc(CCl)c1. The first kappa shape index (κ1) is 15.4. The molecule has 0 heterocycles. The van der Waals surface area contributed by atoms with Crippen LogP contribution >= 0.6 is 11.6 Å². The highest BCUT2D eigenvalue weighted by Gasteiger charge is 2.20. The average molecular weight is 291 g/mol. The lowest BCUT2D eigenvalue weighted by Gasteiger charge is -2.19. The minimum Gasteiger partial charge on any atom is -0.308 e. The molecule has 0 radical (unpaired) electrons. The second-order valence-electron chi connectivity index (χ2n) is 4.41. The lowest BCUT2D eigenvalue weighted by atomic mass is 10.2. The molecule has 18 heavy (non-hydrogen) atoms. The first-order valence-electron chi connectivity index (χ1n) is 5.64. The summed E-state index contributed by atoms with van der Waals surface area (Å²) >= 11 is 5.72. The Balaban J connectivity index is 2.91. The van der Waals surface area contributed by atoms with Crippen molar-refractivity contribution in [2.24, 2.45) is 0 Å². The molecule has 0 aromatic heterocycles. The van der Waals surface area contributed by atoms with Gasteiger partial charge in [-0.05, 0) is 31.8 Å². The maximum atomic E-state index is 12.3. The molecular formula is C12H19ClN2O2S. The van der Waals surface area contributed by atoms with Crippen LogP contribution in [0, 0.1) is 0 Å². The van der Waals surface area contributed by atoms with Crippen LogP contribution in [0.2, 0.25) is 0 Å². The highest BCUT2D eigenvalue weighted by Crippen LogP contribution is 2.16. The fourth-order valence-corrected chi connectivity index (χ4v) is 2.83. The summed E-state index contributed by atoms with van der Waals surface area (Å²) < 4.78 is 25.9. The number of alkyl halides is 1. The van der Waals surface area contributed by atoms with Crippen molar-refractivity contribution in [3.05, 3.63) is 29.8 Å². The molecule has 0 saturated carbocycles. The molecule has 4 nitrogen and oxygen atoms in total. The van der Waals surface area contributed by atoms with Crippen LogP contribution in [-0.4, -0.2) is 51.9 Å². The molecule has 0 unspecified atom stereocenters. The Hall–Kier alpha value is -0.620. The lowest BCUT2D eigenvalue weighted by molar-refractivity contribution is 0.358. The van der Waals surface area contributed by atoms with Crippen LogP contribution in [0.4, 0.5) is 0 Å². The number of hydrogen-bond donors (Lipinski definition) is 0. The molecule has 0 aliphatic heterocycles. The van der Waals surface area contributed by atoms with Crippen molar-refractivity contribution in [2.45, 2.75) is 10.8 Å². The molecule has 0 N–H and O–H groups in total. The smallest absolute Gasteiger partial charge is 0.242 e. The maximum absolute atomic E-state index is 12.3. The van der Waals surface area contributed by atoms with Crippen LogP contribution in [0.25, 0.3) is 0 Å². The van der Waals surface area contributed by atoms with Gasteiger partial charge in [0, 0.05) is 26.0 Å². The first-order chi connectivity index (χ1) is 8.37. The zero-order valence-corrected chi connectivity index (χ0v) is 12.5. The van der Waals surface area contributed by atoms with E-state index in [4.69, 9.17) is 11.6 Å². The van der Waals surface area contributed by atoms with E-state index in [0.717, 1.165) is 5.56 Å². The highest BCUT2D eigenvalue weighted by atomic mass is 35.5. The summed E-state index contributed by atoms with van der Waals surface area (Å²) in [5.41, 5.74) is 0.804. The van der Waals surface area contributed by atoms with Crippen LogP contribution < -0.4 is 0 Å². The second-order valence-corrected chi connectivity index (χ2v) is 6.72. The molecule has 0 amide bonds. The summed E-state index contributed by atoms with van der Waals surface area (Å²) in [7, 11) is 1.99. The van der Waals surface area contributed by atoms with Crippen molar-refractivity contribution in [2.75, 3.05) is 34.2 Å². The van der Waals surface area contributed by atoms with Gasteiger partial charge < -0.3 is 4.90 Å². The van der Waals surface area contributed by atoms with Crippen molar-refractivity contribution in [3.8, 4) is 0 Å². The van der Waals surface area contributed by atoms with Gasteiger partial charge in [0.1, 0.15) is 0 Å². The molecule has 0 bridgehead atoms. The molecule has 1 aromatic carbocycles. The molecule has 0 saturated heterocycles. The molecule has 6 heteroatoms. The van der Waals surface area contributed by atoms with Crippen LogP contribution in [0.3, 0.4) is 0 Å². The minimum atomic E-state index is -3.42. The largest absolute Gasteiger partial charge is 0.308 e. The predicted molar refractivity (Wildman–Crippen MR) is 74.4 cm³/mol. The zero-order chi connectivity index (χ0) is 13.8. The number of halogens is 1. The fraction of sp³-hybridized carbons (Fsp3) is 0.500. The Bertz CT molecular complexity index is 489. The number of sulfonamides is 1. The average Bonchev–Trinajstić information content (AvgIpc) is 2.35. The third kappa shape index (κ3) is 3.95. The van der Waals surface area contributed by atoms with Crippen molar-refractivity contribution in [1.82, 2.24) is 9.21 Å². The molecule has 0 aliphatic carbocycles. The molecule has 0 atom stereocenters. The topological polar surface area (TPSA) is 40.6 Å². The molecule has 0 aliphatic rings. The molecule has 0 fully saturated rings.